The smallest absolute Gasteiger partial charge is 0.377 e. The van der Waals surface area contributed by atoms with E-state index in [0.29, 0.717) is 16.8 Å². The van der Waals surface area contributed by atoms with Crippen molar-refractivity contribution in [2.24, 2.45) is 0 Å². The van der Waals surface area contributed by atoms with Gasteiger partial charge < -0.3 is 4.74 Å². The van der Waals surface area contributed by atoms with Crippen molar-refractivity contribution in [3.8, 4) is 11.8 Å². The van der Waals surface area contributed by atoms with Crippen molar-refractivity contribution in [2.45, 2.75) is 6.92 Å². The number of benzene rings is 1. The van der Waals surface area contributed by atoms with Crippen LogP contribution in [0, 0.1) is 11.3 Å². The van der Waals surface area contributed by atoms with Crippen LogP contribution in [0.3, 0.4) is 0 Å². The molecule has 20 heavy (non-hydrogen) atoms. The van der Waals surface area contributed by atoms with Gasteiger partial charge in [-0.1, -0.05) is 0 Å². The highest BCUT2D eigenvalue weighted by Crippen LogP contribution is 2.16. The van der Waals surface area contributed by atoms with Gasteiger partial charge in [0, 0.05) is 5.56 Å². The van der Waals surface area contributed by atoms with Crippen LogP contribution < -0.4 is 0 Å². The molecule has 0 atom stereocenters. The molecule has 0 unspecified atom stereocenters. The summed E-state index contributed by atoms with van der Waals surface area (Å²) in [4.78, 5) is 26.7. The zero-order valence-electron chi connectivity index (χ0n) is 10.8. The minimum atomic E-state index is -0.676. The second kappa shape index (κ2) is 5.32. The third-order valence-corrected chi connectivity index (χ3v) is 2.61. The Morgan fingerprint density at radius 3 is 2.75 bits per heavy atom. The Morgan fingerprint density at radius 1 is 1.40 bits per heavy atom. The van der Waals surface area contributed by atoms with E-state index in [1.807, 2.05) is 6.07 Å². The molecule has 0 saturated heterocycles. The number of methoxy groups -OCH3 is 1. The third kappa shape index (κ3) is 2.40. The molecule has 2 rings (SSSR count). The molecule has 7 nitrogen and oxygen atoms in total. The molecule has 1 aromatic heterocycles. The summed E-state index contributed by atoms with van der Waals surface area (Å²) >= 11 is 0. The Bertz CT molecular complexity index is 727. The lowest BCUT2D eigenvalue weighted by Gasteiger charge is -2.06. The number of ether oxygens (including phenoxy) is 1. The molecule has 0 aliphatic carbocycles. The minimum absolute atomic E-state index is 0.121. The van der Waals surface area contributed by atoms with Crippen LogP contribution >= 0.6 is 0 Å². The number of carbonyl (C=O) groups excluding carboxylic acids is 2. The van der Waals surface area contributed by atoms with Gasteiger partial charge in [0.2, 0.25) is 0 Å². The third-order valence-electron chi connectivity index (χ3n) is 2.61. The zero-order valence-corrected chi connectivity index (χ0v) is 10.8. The summed E-state index contributed by atoms with van der Waals surface area (Å²) in [5, 5.41) is 12.9. The zero-order chi connectivity index (χ0) is 14.7. The van der Waals surface area contributed by atoms with E-state index in [2.05, 4.69) is 14.8 Å². The van der Waals surface area contributed by atoms with E-state index in [0.717, 1.165) is 0 Å². The topological polar surface area (TPSA) is 97.9 Å². The van der Waals surface area contributed by atoms with Gasteiger partial charge in [0.15, 0.2) is 5.78 Å². The molecular formula is C13H10N4O3. The van der Waals surface area contributed by atoms with E-state index in [9.17, 15) is 9.59 Å². The summed E-state index contributed by atoms with van der Waals surface area (Å²) in [5.41, 5.74) is 1.14. The molecule has 0 radical (unpaired) electrons. The number of carbonyl (C=O) groups is 2. The summed E-state index contributed by atoms with van der Waals surface area (Å²) in [6, 6.07) is 6.56. The molecular weight excluding hydrogens is 260 g/mol. The van der Waals surface area contributed by atoms with Crippen molar-refractivity contribution < 1.29 is 14.3 Å². The number of hydrogen-bond donors (Lipinski definition) is 0. The molecule has 2 aromatic rings. The van der Waals surface area contributed by atoms with Crippen molar-refractivity contribution in [3.63, 3.8) is 0 Å². The predicted octanol–water partition coefficient (Wildman–Crippen LogP) is 1.13. The monoisotopic (exact) mass is 270 g/mol. The van der Waals surface area contributed by atoms with Gasteiger partial charge in [0.25, 0.3) is 5.82 Å². The fourth-order valence-corrected chi connectivity index (χ4v) is 1.65. The van der Waals surface area contributed by atoms with Gasteiger partial charge in [-0.15, -0.1) is 5.10 Å². The molecule has 100 valence electrons. The maximum atomic E-state index is 11.6. The summed E-state index contributed by atoms with van der Waals surface area (Å²) in [7, 11) is 1.22. The number of nitriles is 1. The maximum absolute atomic E-state index is 11.6. The Labute approximate surface area is 114 Å². The van der Waals surface area contributed by atoms with Crippen molar-refractivity contribution in [3.05, 3.63) is 41.5 Å². The maximum Gasteiger partial charge on any atom is 0.377 e. The first-order valence-electron chi connectivity index (χ1n) is 5.62. The molecule has 0 aliphatic rings. The lowest BCUT2D eigenvalue weighted by Crippen LogP contribution is -2.07. The van der Waals surface area contributed by atoms with Crippen LogP contribution in [0.15, 0.2) is 24.5 Å². The highest BCUT2D eigenvalue weighted by molar-refractivity contribution is 5.97. The van der Waals surface area contributed by atoms with Gasteiger partial charge in [-0.25, -0.2) is 14.5 Å². The molecule has 0 bridgehead atoms. The summed E-state index contributed by atoms with van der Waals surface area (Å²) in [5.74, 6) is -0.978. The van der Waals surface area contributed by atoms with Gasteiger partial charge in [0.05, 0.1) is 24.4 Å². The second-order valence-electron chi connectivity index (χ2n) is 3.90. The molecule has 0 N–H and O–H groups in total. The van der Waals surface area contributed by atoms with E-state index < -0.39 is 5.97 Å². The summed E-state index contributed by atoms with van der Waals surface area (Å²) in [6.07, 6.45) is 1.29. The highest BCUT2D eigenvalue weighted by Gasteiger charge is 2.15. The normalized spacial score (nSPS) is 9.85. The molecule has 0 aliphatic heterocycles. The van der Waals surface area contributed by atoms with Crippen molar-refractivity contribution >= 4 is 11.8 Å². The van der Waals surface area contributed by atoms with Gasteiger partial charge in [-0.05, 0) is 25.1 Å². The standard InChI is InChI=1S/C13H10N4O3/c1-8(18)10-4-3-9(6-14)5-11(10)17-7-15-12(16-17)13(19)20-2/h3-5,7H,1-2H3. The quantitative estimate of drug-likeness (QED) is 0.612. The van der Waals surface area contributed by atoms with E-state index >= 15 is 0 Å². The predicted molar refractivity (Wildman–Crippen MR) is 67.4 cm³/mol. The van der Waals surface area contributed by atoms with Crippen LogP contribution in [-0.2, 0) is 4.74 Å². The lowest BCUT2D eigenvalue weighted by molar-refractivity contribution is 0.0587. The van der Waals surface area contributed by atoms with Crippen LogP contribution in [0.4, 0.5) is 0 Å². The fourth-order valence-electron chi connectivity index (χ4n) is 1.65. The number of rotatable bonds is 3. The number of esters is 1. The first kappa shape index (κ1) is 13.4. The summed E-state index contributed by atoms with van der Waals surface area (Å²) in [6.45, 7) is 1.41. The molecule has 1 aromatic carbocycles. The van der Waals surface area contributed by atoms with Crippen LogP contribution in [-0.4, -0.2) is 33.6 Å². The molecule has 7 heteroatoms. The van der Waals surface area contributed by atoms with Gasteiger partial charge >= 0.3 is 5.97 Å². The molecule has 0 spiro atoms. The number of Topliss-reactive ketones (excluding diaryl/α,β-unsaturated/α-hetero) is 1. The van der Waals surface area contributed by atoms with Crippen LogP contribution in [0.5, 0.6) is 0 Å². The van der Waals surface area contributed by atoms with Gasteiger partial charge in [0.1, 0.15) is 6.33 Å². The number of nitrogens with zero attached hydrogens (tertiary/aromatic N) is 4. The van der Waals surface area contributed by atoms with Crippen molar-refractivity contribution in [1.82, 2.24) is 14.8 Å². The number of aromatic nitrogens is 3. The minimum Gasteiger partial charge on any atom is -0.463 e. The number of hydrogen-bond acceptors (Lipinski definition) is 6. The fraction of sp³-hybridized carbons (Fsp3) is 0.154. The van der Waals surface area contributed by atoms with E-state index in [1.165, 1.54) is 37.2 Å². The van der Waals surface area contributed by atoms with Gasteiger partial charge in [-0.2, -0.15) is 5.26 Å². The van der Waals surface area contributed by atoms with E-state index in [1.54, 1.807) is 6.07 Å². The Kier molecular flexibility index (Phi) is 3.57. The number of ketones is 1. The molecule has 0 amide bonds. The van der Waals surface area contributed by atoms with E-state index in [-0.39, 0.29) is 11.6 Å². The van der Waals surface area contributed by atoms with E-state index in [4.69, 9.17) is 5.26 Å². The summed E-state index contributed by atoms with van der Waals surface area (Å²) < 4.78 is 5.78. The average molecular weight is 270 g/mol. The Morgan fingerprint density at radius 2 is 2.15 bits per heavy atom. The molecule has 0 fully saturated rings. The van der Waals surface area contributed by atoms with Crippen LogP contribution in [0.2, 0.25) is 0 Å². The molecule has 1 heterocycles. The highest BCUT2D eigenvalue weighted by atomic mass is 16.5. The molecule has 0 saturated carbocycles. The van der Waals surface area contributed by atoms with Crippen LogP contribution in [0.1, 0.15) is 33.5 Å². The first-order valence-corrected chi connectivity index (χ1v) is 5.62. The average Bonchev–Trinajstić information content (AvgIpc) is 2.95. The Hall–Kier alpha value is -3.01. The van der Waals surface area contributed by atoms with Crippen molar-refractivity contribution in [2.75, 3.05) is 7.11 Å². The second-order valence-corrected chi connectivity index (χ2v) is 3.90. The van der Waals surface area contributed by atoms with Gasteiger partial charge in [-0.3, -0.25) is 4.79 Å². The largest absolute Gasteiger partial charge is 0.463 e. The lowest BCUT2D eigenvalue weighted by atomic mass is 10.1. The SMILES string of the molecule is COC(=O)c1ncn(-c2cc(C#N)ccc2C(C)=O)n1. The Balaban J connectivity index is 2.56. The van der Waals surface area contributed by atoms with Crippen LogP contribution in [0.25, 0.3) is 5.69 Å². The first-order chi connectivity index (χ1) is 9.56. The van der Waals surface area contributed by atoms with Crippen molar-refractivity contribution in [1.29, 1.82) is 5.26 Å².